The Labute approximate surface area is 175 Å². The van der Waals surface area contributed by atoms with E-state index in [2.05, 4.69) is 20.6 Å². The van der Waals surface area contributed by atoms with Crippen molar-refractivity contribution < 1.29 is 19.1 Å². The van der Waals surface area contributed by atoms with Crippen LogP contribution < -0.4 is 25.7 Å². The Morgan fingerprint density at radius 2 is 1.87 bits per heavy atom. The average Bonchev–Trinajstić information content (AvgIpc) is 2.72. The number of nitrogens with zero attached hydrogens (tertiary/aromatic N) is 2. The number of benzene rings is 1. The normalized spacial score (nSPS) is 11.9. The van der Waals surface area contributed by atoms with Gasteiger partial charge in [0, 0.05) is 12.6 Å². The Hall–Kier alpha value is -3.14. The molecule has 1 aromatic carbocycles. The van der Waals surface area contributed by atoms with Crippen molar-refractivity contribution in [2.45, 2.75) is 33.4 Å². The zero-order valence-corrected chi connectivity index (χ0v) is 18.0. The third-order valence-corrected chi connectivity index (χ3v) is 4.57. The van der Waals surface area contributed by atoms with Gasteiger partial charge in [0.05, 0.1) is 38.2 Å². The van der Waals surface area contributed by atoms with Crippen LogP contribution in [0.1, 0.15) is 26.6 Å². The summed E-state index contributed by atoms with van der Waals surface area (Å²) < 4.78 is 10.5. The van der Waals surface area contributed by atoms with E-state index in [1.54, 1.807) is 19.1 Å². The van der Waals surface area contributed by atoms with E-state index in [-0.39, 0.29) is 30.5 Å². The smallest absolute Gasteiger partial charge is 0.258 e. The SMILES string of the molecule is CCNC(=O)[C@H](C)NC(=O)CN(CC)Cc1nc2cc(OC)c(OC)cc2c(=O)[nH]1. The van der Waals surface area contributed by atoms with Crippen molar-refractivity contribution in [3.05, 3.63) is 28.3 Å². The largest absolute Gasteiger partial charge is 0.493 e. The second-order valence-corrected chi connectivity index (χ2v) is 6.72. The molecule has 0 radical (unpaired) electrons. The van der Waals surface area contributed by atoms with Crippen LogP contribution in [0.25, 0.3) is 10.9 Å². The van der Waals surface area contributed by atoms with Crippen LogP contribution in [0.4, 0.5) is 0 Å². The van der Waals surface area contributed by atoms with Gasteiger partial charge in [0.15, 0.2) is 11.5 Å². The number of aromatic amines is 1. The van der Waals surface area contributed by atoms with Gasteiger partial charge in [-0.1, -0.05) is 6.92 Å². The first-order chi connectivity index (χ1) is 14.3. The second kappa shape index (κ2) is 10.6. The molecule has 2 rings (SSSR count). The fourth-order valence-corrected chi connectivity index (χ4v) is 2.96. The lowest BCUT2D eigenvalue weighted by atomic mass is 10.2. The molecule has 0 unspecified atom stereocenters. The first-order valence-electron chi connectivity index (χ1n) is 9.77. The molecular weight excluding hydrogens is 390 g/mol. The number of amides is 2. The molecule has 0 aliphatic rings. The molecule has 0 spiro atoms. The second-order valence-electron chi connectivity index (χ2n) is 6.72. The number of hydrogen-bond donors (Lipinski definition) is 3. The zero-order chi connectivity index (χ0) is 22.3. The van der Waals surface area contributed by atoms with E-state index in [0.717, 1.165) is 0 Å². The van der Waals surface area contributed by atoms with Crippen molar-refractivity contribution in [1.29, 1.82) is 0 Å². The molecule has 0 aliphatic heterocycles. The summed E-state index contributed by atoms with van der Waals surface area (Å²) >= 11 is 0. The van der Waals surface area contributed by atoms with E-state index in [0.29, 0.717) is 41.3 Å². The molecule has 3 N–H and O–H groups in total. The lowest BCUT2D eigenvalue weighted by Crippen LogP contribution is -2.47. The van der Waals surface area contributed by atoms with Gasteiger partial charge in [0.1, 0.15) is 11.9 Å². The summed E-state index contributed by atoms with van der Waals surface area (Å²) in [5.41, 5.74) is 0.165. The van der Waals surface area contributed by atoms with Crippen LogP contribution >= 0.6 is 0 Å². The number of carbonyl (C=O) groups excluding carboxylic acids is 2. The molecule has 10 heteroatoms. The van der Waals surface area contributed by atoms with Crippen LogP contribution in [0.15, 0.2) is 16.9 Å². The lowest BCUT2D eigenvalue weighted by Gasteiger charge is -2.21. The Kier molecular flexibility index (Phi) is 8.16. The highest BCUT2D eigenvalue weighted by molar-refractivity contribution is 5.88. The summed E-state index contributed by atoms with van der Waals surface area (Å²) in [6.07, 6.45) is 0. The van der Waals surface area contributed by atoms with Gasteiger partial charge in [0.25, 0.3) is 5.56 Å². The number of rotatable bonds is 10. The number of methoxy groups -OCH3 is 2. The molecule has 0 saturated carbocycles. The van der Waals surface area contributed by atoms with Crippen molar-refractivity contribution in [1.82, 2.24) is 25.5 Å². The molecule has 30 heavy (non-hydrogen) atoms. The number of likely N-dealkylation sites (N-methyl/N-ethyl adjacent to an activating group) is 2. The maximum Gasteiger partial charge on any atom is 0.258 e. The highest BCUT2D eigenvalue weighted by Crippen LogP contribution is 2.29. The molecule has 164 valence electrons. The van der Waals surface area contributed by atoms with Gasteiger partial charge < -0.3 is 25.1 Å². The Balaban J connectivity index is 2.15. The molecule has 2 amide bonds. The number of hydrogen-bond acceptors (Lipinski definition) is 7. The molecular formula is C20H29N5O5. The van der Waals surface area contributed by atoms with Crippen LogP contribution in [0.2, 0.25) is 0 Å². The van der Waals surface area contributed by atoms with Gasteiger partial charge in [-0.3, -0.25) is 19.3 Å². The molecule has 1 aromatic heterocycles. The average molecular weight is 419 g/mol. The van der Waals surface area contributed by atoms with E-state index in [1.165, 1.54) is 14.2 Å². The van der Waals surface area contributed by atoms with Gasteiger partial charge in [-0.25, -0.2) is 4.98 Å². The van der Waals surface area contributed by atoms with Crippen molar-refractivity contribution in [3.8, 4) is 11.5 Å². The fourth-order valence-electron chi connectivity index (χ4n) is 2.96. The summed E-state index contributed by atoms with van der Waals surface area (Å²) in [6.45, 7) is 6.71. The minimum atomic E-state index is -0.628. The monoisotopic (exact) mass is 419 g/mol. The van der Waals surface area contributed by atoms with Gasteiger partial charge in [0.2, 0.25) is 11.8 Å². The molecule has 10 nitrogen and oxygen atoms in total. The van der Waals surface area contributed by atoms with Crippen molar-refractivity contribution in [2.24, 2.45) is 0 Å². The first kappa shape index (κ1) is 23.1. The van der Waals surface area contributed by atoms with E-state index in [4.69, 9.17) is 9.47 Å². The molecule has 0 saturated heterocycles. The molecule has 1 heterocycles. The van der Waals surface area contributed by atoms with E-state index >= 15 is 0 Å². The van der Waals surface area contributed by atoms with E-state index in [1.807, 2.05) is 18.7 Å². The standard InChI is InChI=1S/C20H29N5O5/c1-6-21-19(27)12(3)22-18(26)11-25(7-2)10-17-23-14-9-16(30-5)15(29-4)8-13(14)20(28)24-17/h8-9,12H,6-7,10-11H2,1-5H3,(H,21,27)(H,22,26)(H,23,24,28)/t12-/m0/s1. The Morgan fingerprint density at radius 3 is 2.47 bits per heavy atom. The predicted molar refractivity (Wildman–Crippen MR) is 113 cm³/mol. The van der Waals surface area contributed by atoms with Crippen LogP contribution in [-0.4, -0.2) is 66.6 Å². The molecule has 0 aliphatic carbocycles. The molecule has 0 fully saturated rings. The Morgan fingerprint density at radius 1 is 1.20 bits per heavy atom. The van der Waals surface area contributed by atoms with Crippen molar-refractivity contribution >= 4 is 22.7 Å². The quantitative estimate of drug-likeness (QED) is 0.509. The maximum absolute atomic E-state index is 12.5. The Bertz CT molecular complexity index is 958. The van der Waals surface area contributed by atoms with Crippen LogP contribution in [0.3, 0.4) is 0 Å². The highest BCUT2D eigenvalue weighted by Gasteiger charge is 2.18. The van der Waals surface area contributed by atoms with Crippen LogP contribution in [0, 0.1) is 0 Å². The van der Waals surface area contributed by atoms with Crippen LogP contribution in [0.5, 0.6) is 11.5 Å². The third kappa shape index (κ3) is 5.69. The van der Waals surface area contributed by atoms with Crippen LogP contribution in [-0.2, 0) is 16.1 Å². The summed E-state index contributed by atoms with van der Waals surface area (Å²) in [5, 5.41) is 5.71. The highest BCUT2D eigenvalue weighted by atomic mass is 16.5. The summed E-state index contributed by atoms with van der Waals surface area (Å²) in [7, 11) is 3.01. The van der Waals surface area contributed by atoms with E-state index in [9.17, 15) is 14.4 Å². The molecule has 2 aromatic rings. The third-order valence-electron chi connectivity index (χ3n) is 4.57. The lowest BCUT2D eigenvalue weighted by molar-refractivity contribution is -0.129. The predicted octanol–water partition coefficient (Wildman–Crippen LogP) is 0.403. The summed E-state index contributed by atoms with van der Waals surface area (Å²) in [4.78, 5) is 45.6. The minimum absolute atomic E-state index is 0.0634. The molecule has 0 bridgehead atoms. The first-order valence-corrected chi connectivity index (χ1v) is 9.77. The number of ether oxygens (including phenoxy) is 2. The van der Waals surface area contributed by atoms with Gasteiger partial charge in [-0.05, 0) is 26.5 Å². The fraction of sp³-hybridized carbons (Fsp3) is 0.500. The van der Waals surface area contributed by atoms with Gasteiger partial charge in [-0.2, -0.15) is 0 Å². The number of carbonyl (C=O) groups is 2. The van der Waals surface area contributed by atoms with Crippen molar-refractivity contribution in [2.75, 3.05) is 33.9 Å². The molecule has 1 atom stereocenters. The number of aromatic nitrogens is 2. The van der Waals surface area contributed by atoms with Gasteiger partial charge >= 0.3 is 0 Å². The number of H-pyrrole nitrogens is 1. The van der Waals surface area contributed by atoms with E-state index < -0.39 is 6.04 Å². The minimum Gasteiger partial charge on any atom is -0.493 e. The summed E-state index contributed by atoms with van der Waals surface area (Å²) in [5.74, 6) is 0.813. The van der Waals surface area contributed by atoms with Gasteiger partial charge in [-0.15, -0.1) is 0 Å². The summed E-state index contributed by atoms with van der Waals surface area (Å²) in [6, 6.07) is 2.60. The topological polar surface area (TPSA) is 126 Å². The van der Waals surface area contributed by atoms with Crippen molar-refractivity contribution in [3.63, 3.8) is 0 Å². The number of nitrogens with one attached hydrogen (secondary N) is 3. The maximum atomic E-state index is 12.5. The zero-order valence-electron chi connectivity index (χ0n) is 18.0. The number of fused-ring (bicyclic) bond motifs is 1.